The van der Waals surface area contributed by atoms with Gasteiger partial charge in [-0.25, -0.2) is 0 Å². The third-order valence-electron chi connectivity index (χ3n) is 2.66. The highest BCUT2D eigenvalue weighted by molar-refractivity contribution is 6.35. The lowest BCUT2D eigenvalue weighted by atomic mass is 10.2. The van der Waals surface area contributed by atoms with Crippen LogP contribution >= 0.6 is 11.6 Å². The first-order valence-corrected chi connectivity index (χ1v) is 5.67. The molecular formula is C12H15ClN2O. The van der Waals surface area contributed by atoms with Crippen LogP contribution in [0.2, 0.25) is 5.02 Å². The zero-order valence-corrected chi connectivity index (χ0v) is 10.00. The molecule has 0 saturated heterocycles. The van der Waals surface area contributed by atoms with Crippen molar-refractivity contribution in [1.29, 1.82) is 0 Å². The van der Waals surface area contributed by atoms with Gasteiger partial charge >= 0.3 is 0 Å². The summed E-state index contributed by atoms with van der Waals surface area (Å²) in [6, 6.07) is 5.77. The highest BCUT2D eigenvalue weighted by atomic mass is 35.5. The lowest BCUT2D eigenvalue weighted by molar-refractivity contribution is 0.420. The van der Waals surface area contributed by atoms with Crippen molar-refractivity contribution in [2.24, 2.45) is 5.73 Å². The SMILES string of the molecule is COc1ccc(Cl)c2c1ccn2CCCN. The number of rotatable bonds is 4. The molecule has 3 nitrogen and oxygen atoms in total. The van der Waals surface area contributed by atoms with Gasteiger partial charge in [0.15, 0.2) is 0 Å². The Morgan fingerprint density at radius 3 is 2.88 bits per heavy atom. The summed E-state index contributed by atoms with van der Waals surface area (Å²) in [7, 11) is 1.67. The first-order valence-electron chi connectivity index (χ1n) is 5.29. The van der Waals surface area contributed by atoms with Crippen LogP contribution in [-0.4, -0.2) is 18.2 Å². The van der Waals surface area contributed by atoms with E-state index in [1.165, 1.54) is 0 Å². The van der Waals surface area contributed by atoms with Crippen molar-refractivity contribution in [1.82, 2.24) is 4.57 Å². The molecule has 0 saturated carbocycles. The van der Waals surface area contributed by atoms with E-state index in [9.17, 15) is 0 Å². The highest BCUT2D eigenvalue weighted by Gasteiger charge is 2.09. The normalized spacial score (nSPS) is 10.9. The summed E-state index contributed by atoms with van der Waals surface area (Å²) in [4.78, 5) is 0. The Labute approximate surface area is 99.7 Å². The first kappa shape index (κ1) is 11.3. The molecule has 0 aliphatic rings. The fourth-order valence-electron chi connectivity index (χ4n) is 1.88. The van der Waals surface area contributed by atoms with Gasteiger partial charge in [-0.15, -0.1) is 0 Å². The van der Waals surface area contributed by atoms with Crippen LogP contribution in [0.5, 0.6) is 5.75 Å². The van der Waals surface area contributed by atoms with Gasteiger partial charge in [-0.1, -0.05) is 11.6 Å². The van der Waals surface area contributed by atoms with Gasteiger partial charge in [0.1, 0.15) is 5.75 Å². The summed E-state index contributed by atoms with van der Waals surface area (Å²) in [5, 5.41) is 1.80. The molecule has 1 aromatic heterocycles. The van der Waals surface area contributed by atoms with Crippen molar-refractivity contribution >= 4 is 22.5 Å². The van der Waals surface area contributed by atoms with Crippen LogP contribution in [0, 0.1) is 0 Å². The number of ether oxygens (including phenoxy) is 1. The van der Waals surface area contributed by atoms with Gasteiger partial charge < -0.3 is 15.0 Å². The molecule has 2 aromatic rings. The van der Waals surface area contributed by atoms with Gasteiger partial charge in [0.25, 0.3) is 0 Å². The van der Waals surface area contributed by atoms with Crippen molar-refractivity contribution in [3.8, 4) is 5.75 Å². The Bertz CT molecular complexity index is 493. The number of nitrogens with zero attached hydrogens (tertiary/aromatic N) is 1. The van der Waals surface area contributed by atoms with Gasteiger partial charge in [-0.2, -0.15) is 0 Å². The largest absolute Gasteiger partial charge is 0.496 e. The lowest BCUT2D eigenvalue weighted by Crippen LogP contribution is -2.04. The molecule has 4 heteroatoms. The van der Waals surface area contributed by atoms with Gasteiger partial charge in [-0.05, 0) is 31.2 Å². The fourth-order valence-corrected chi connectivity index (χ4v) is 2.15. The molecule has 0 aliphatic heterocycles. The summed E-state index contributed by atoms with van der Waals surface area (Å²) < 4.78 is 7.42. The fraction of sp³-hybridized carbons (Fsp3) is 0.333. The molecule has 1 heterocycles. The predicted molar refractivity (Wildman–Crippen MR) is 67.2 cm³/mol. The maximum atomic E-state index is 6.20. The molecule has 86 valence electrons. The minimum atomic E-state index is 0.682. The Balaban J connectivity index is 2.52. The number of hydrogen-bond donors (Lipinski definition) is 1. The average Bonchev–Trinajstić information content (AvgIpc) is 2.72. The Morgan fingerprint density at radius 2 is 2.19 bits per heavy atom. The molecule has 0 amide bonds. The van der Waals surface area contributed by atoms with Crippen molar-refractivity contribution < 1.29 is 4.74 Å². The van der Waals surface area contributed by atoms with E-state index in [1.807, 2.05) is 24.4 Å². The van der Waals surface area contributed by atoms with E-state index >= 15 is 0 Å². The molecule has 0 fully saturated rings. The maximum Gasteiger partial charge on any atom is 0.128 e. The van der Waals surface area contributed by atoms with E-state index in [-0.39, 0.29) is 0 Å². The van der Waals surface area contributed by atoms with Crippen LogP contribution in [0.4, 0.5) is 0 Å². The summed E-state index contributed by atoms with van der Waals surface area (Å²) in [5.74, 6) is 0.853. The summed E-state index contributed by atoms with van der Waals surface area (Å²) in [6.07, 6.45) is 2.96. The van der Waals surface area contributed by atoms with E-state index in [0.717, 1.165) is 34.6 Å². The molecular weight excluding hydrogens is 224 g/mol. The van der Waals surface area contributed by atoms with E-state index in [2.05, 4.69) is 4.57 Å². The van der Waals surface area contributed by atoms with Gasteiger partial charge in [-0.3, -0.25) is 0 Å². The number of methoxy groups -OCH3 is 1. The number of nitrogens with two attached hydrogens (primary N) is 1. The average molecular weight is 239 g/mol. The van der Waals surface area contributed by atoms with E-state index in [0.29, 0.717) is 6.54 Å². The molecule has 0 aliphatic carbocycles. The highest BCUT2D eigenvalue weighted by Crippen LogP contribution is 2.32. The third-order valence-corrected chi connectivity index (χ3v) is 2.96. The maximum absolute atomic E-state index is 6.20. The van der Waals surface area contributed by atoms with Crippen LogP contribution < -0.4 is 10.5 Å². The Morgan fingerprint density at radius 1 is 1.38 bits per heavy atom. The standard InChI is InChI=1S/C12H15ClN2O/c1-16-11-4-3-10(13)12-9(11)5-8-15(12)7-2-6-14/h3-5,8H,2,6-7,14H2,1H3. The Kier molecular flexibility index (Phi) is 3.36. The molecule has 0 spiro atoms. The van der Waals surface area contributed by atoms with E-state index in [4.69, 9.17) is 22.1 Å². The van der Waals surface area contributed by atoms with Crippen molar-refractivity contribution in [2.75, 3.05) is 13.7 Å². The minimum absolute atomic E-state index is 0.682. The minimum Gasteiger partial charge on any atom is -0.496 e. The second-order valence-electron chi connectivity index (χ2n) is 3.66. The van der Waals surface area contributed by atoms with E-state index in [1.54, 1.807) is 7.11 Å². The van der Waals surface area contributed by atoms with Crippen molar-refractivity contribution in [3.05, 3.63) is 29.4 Å². The molecule has 1 aromatic carbocycles. The molecule has 16 heavy (non-hydrogen) atoms. The summed E-state index contributed by atoms with van der Waals surface area (Å²) >= 11 is 6.20. The second-order valence-corrected chi connectivity index (χ2v) is 4.07. The molecule has 2 N–H and O–H groups in total. The first-order chi connectivity index (χ1) is 7.77. The molecule has 0 unspecified atom stereocenters. The topological polar surface area (TPSA) is 40.2 Å². The van der Waals surface area contributed by atoms with Gasteiger partial charge in [0, 0.05) is 18.1 Å². The van der Waals surface area contributed by atoms with Gasteiger partial charge in [0.05, 0.1) is 17.6 Å². The van der Waals surface area contributed by atoms with Crippen LogP contribution in [0.3, 0.4) is 0 Å². The molecule has 0 bridgehead atoms. The number of benzene rings is 1. The molecule has 0 radical (unpaired) electrons. The monoisotopic (exact) mass is 238 g/mol. The Hall–Kier alpha value is -1.19. The second kappa shape index (κ2) is 4.76. The quantitative estimate of drug-likeness (QED) is 0.890. The summed E-state index contributed by atoms with van der Waals surface area (Å²) in [6.45, 7) is 1.56. The molecule has 0 atom stereocenters. The van der Waals surface area contributed by atoms with Crippen LogP contribution in [0.1, 0.15) is 6.42 Å². The third kappa shape index (κ3) is 1.88. The van der Waals surface area contributed by atoms with Crippen LogP contribution in [-0.2, 0) is 6.54 Å². The number of fused-ring (bicyclic) bond motifs is 1. The van der Waals surface area contributed by atoms with Crippen molar-refractivity contribution in [3.63, 3.8) is 0 Å². The molecule has 2 rings (SSSR count). The predicted octanol–water partition coefficient (Wildman–Crippen LogP) is 2.65. The lowest BCUT2D eigenvalue weighted by Gasteiger charge is -2.07. The van der Waals surface area contributed by atoms with Crippen LogP contribution in [0.15, 0.2) is 24.4 Å². The number of aromatic nitrogens is 1. The van der Waals surface area contributed by atoms with Crippen LogP contribution in [0.25, 0.3) is 10.9 Å². The van der Waals surface area contributed by atoms with Gasteiger partial charge in [0.2, 0.25) is 0 Å². The number of halogens is 1. The number of aryl methyl sites for hydroxylation is 1. The number of hydrogen-bond acceptors (Lipinski definition) is 2. The van der Waals surface area contributed by atoms with E-state index < -0.39 is 0 Å². The van der Waals surface area contributed by atoms with Crippen molar-refractivity contribution in [2.45, 2.75) is 13.0 Å². The smallest absolute Gasteiger partial charge is 0.128 e. The summed E-state index contributed by atoms with van der Waals surface area (Å²) in [5.41, 5.74) is 6.53. The zero-order chi connectivity index (χ0) is 11.5. The zero-order valence-electron chi connectivity index (χ0n) is 9.24.